The lowest BCUT2D eigenvalue weighted by molar-refractivity contribution is -0.0182. The Morgan fingerprint density at radius 1 is 0.179 bits per heavy atom. The van der Waals surface area contributed by atoms with Crippen LogP contribution in [0, 0.1) is 11.8 Å². The van der Waals surface area contributed by atoms with Gasteiger partial charge < -0.3 is 62.3 Å². The first-order valence-corrected chi connectivity index (χ1v) is 33.4. The molecule has 0 bridgehead atoms. The molecule has 0 aliphatic rings. The topological polar surface area (TPSA) is 142 Å². The summed E-state index contributed by atoms with van der Waals surface area (Å²) in [6, 6.07) is 0. The van der Waals surface area contributed by atoms with Gasteiger partial charge in [0.1, 0.15) is 0 Å². The molecule has 0 aromatic heterocycles. The molecule has 0 spiro atoms. The first-order chi connectivity index (χ1) is 38.8. The molecular weight excluding hydrogens is 989 g/mol. The van der Waals surface area contributed by atoms with Crippen LogP contribution in [0.25, 0.3) is 0 Å². The Kier molecular flexibility index (Phi) is 72.1. The number of hydrogen-bond donors (Lipinski definition) is 2. The first kappa shape index (κ1) is 77.5. The number of hydrogen-bond acceptors (Lipinski definition) is 13. The van der Waals surface area contributed by atoms with Crippen molar-refractivity contribution in [2.24, 2.45) is 11.8 Å². The maximum atomic E-state index is 8.70. The van der Waals surface area contributed by atoms with Crippen LogP contribution < -0.4 is 0 Å². The Morgan fingerprint density at radius 3 is 0.526 bits per heavy atom. The van der Waals surface area contributed by atoms with Gasteiger partial charge in [-0.2, -0.15) is 0 Å². The van der Waals surface area contributed by atoms with Crippen LogP contribution in [0.5, 0.6) is 0 Å². The molecule has 0 fully saturated rings. The molecule has 0 saturated carbocycles. The number of ether oxygens (including phenoxy) is 11. The Balaban J connectivity index is 4.49. The van der Waals surface area contributed by atoms with Crippen LogP contribution in [0.4, 0.5) is 0 Å². The average Bonchev–Trinajstić information content (AvgIpc) is 3.45. The van der Waals surface area contributed by atoms with Crippen LogP contribution in [0.15, 0.2) is 0 Å². The van der Waals surface area contributed by atoms with Crippen molar-refractivity contribution in [2.75, 3.05) is 159 Å². The smallest absolute Gasteiger partial charge is 0.0701 e. The highest BCUT2D eigenvalue weighted by atomic mass is 16.6. The second-order valence-corrected chi connectivity index (χ2v) is 21.8. The molecule has 0 saturated heterocycles. The number of aliphatic hydroxyl groups excluding tert-OH is 2. The van der Waals surface area contributed by atoms with Crippen LogP contribution in [0.1, 0.15) is 251 Å². The molecule has 13 heteroatoms. The standard InChI is InChI=1S/C65H132O13/c1-3-5-7-9-11-14-18-24-30-36-64(37-31-25-19-15-12-10-8-6-4-2)65(38-32-26-20-16-13-17-22-28-34-42-68-46-50-72-54-58-76-60-56-74-52-48-70-44-40-66)39-33-27-21-23-29-35-43-69-47-51-73-55-59-77-62-63-78-61-57-75-53-49-71-45-41-67/h64-67H,3-63H2,1-2H3. The molecule has 470 valence electrons. The molecule has 0 aromatic carbocycles. The summed E-state index contributed by atoms with van der Waals surface area (Å²) >= 11 is 0. The van der Waals surface area contributed by atoms with E-state index in [1.54, 1.807) is 0 Å². The van der Waals surface area contributed by atoms with Gasteiger partial charge in [-0.1, -0.05) is 239 Å². The molecule has 0 aliphatic carbocycles. The minimum Gasteiger partial charge on any atom is -0.394 e. The minimum absolute atomic E-state index is 0.0367. The van der Waals surface area contributed by atoms with Gasteiger partial charge in [-0.05, 0) is 24.7 Å². The maximum Gasteiger partial charge on any atom is 0.0701 e. The fraction of sp³-hybridized carbons (Fsp3) is 1.00. The summed E-state index contributed by atoms with van der Waals surface area (Å²) in [4.78, 5) is 0. The molecule has 2 N–H and O–H groups in total. The summed E-state index contributed by atoms with van der Waals surface area (Å²) in [7, 11) is 0. The summed E-state index contributed by atoms with van der Waals surface area (Å²) in [5, 5.41) is 17.4. The number of unbranched alkanes of at least 4 members (excludes halogenated alkanes) is 29. The van der Waals surface area contributed by atoms with Gasteiger partial charge in [0.25, 0.3) is 0 Å². The Bertz CT molecular complexity index is 955. The van der Waals surface area contributed by atoms with E-state index < -0.39 is 0 Å². The van der Waals surface area contributed by atoms with Crippen molar-refractivity contribution in [1.29, 1.82) is 0 Å². The predicted molar refractivity (Wildman–Crippen MR) is 322 cm³/mol. The molecule has 13 nitrogen and oxygen atoms in total. The van der Waals surface area contributed by atoms with E-state index >= 15 is 0 Å². The minimum atomic E-state index is 0.0367. The number of rotatable bonds is 73. The monoisotopic (exact) mass is 1120 g/mol. The third-order valence-electron chi connectivity index (χ3n) is 14.8. The zero-order valence-electron chi connectivity index (χ0n) is 51.7. The fourth-order valence-corrected chi connectivity index (χ4v) is 10.1. The molecule has 0 rings (SSSR count). The maximum absolute atomic E-state index is 8.70. The second-order valence-electron chi connectivity index (χ2n) is 21.8. The Hall–Kier alpha value is -0.520. The third kappa shape index (κ3) is 66.3. The summed E-state index contributed by atoms with van der Waals surface area (Å²) in [6.07, 6.45) is 51.6. The highest BCUT2D eigenvalue weighted by Gasteiger charge is 2.21. The average molecular weight is 1120 g/mol. The highest BCUT2D eigenvalue weighted by Crippen LogP contribution is 2.34. The van der Waals surface area contributed by atoms with E-state index in [1.165, 1.54) is 225 Å². The zero-order valence-corrected chi connectivity index (χ0v) is 51.7. The molecule has 0 aromatic rings. The summed E-state index contributed by atoms with van der Waals surface area (Å²) < 4.78 is 60.8. The first-order valence-electron chi connectivity index (χ1n) is 33.4. The van der Waals surface area contributed by atoms with Gasteiger partial charge in [-0.3, -0.25) is 0 Å². The largest absolute Gasteiger partial charge is 0.394 e. The molecule has 1 unspecified atom stereocenters. The van der Waals surface area contributed by atoms with Crippen molar-refractivity contribution in [1.82, 2.24) is 0 Å². The van der Waals surface area contributed by atoms with Crippen LogP contribution in [-0.4, -0.2) is 169 Å². The van der Waals surface area contributed by atoms with E-state index in [4.69, 9.17) is 62.3 Å². The van der Waals surface area contributed by atoms with Crippen LogP contribution in [0.3, 0.4) is 0 Å². The third-order valence-corrected chi connectivity index (χ3v) is 14.8. The van der Waals surface area contributed by atoms with Gasteiger partial charge >= 0.3 is 0 Å². The van der Waals surface area contributed by atoms with E-state index in [2.05, 4.69) is 13.8 Å². The van der Waals surface area contributed by atoms with Crippen molar-refractivity contribution < 1.29 is 62.3 Å². The van der Waals surface area contributed by atoms with Crippen LogP contribution in [-0.2, 0) is 52.1 Å². The summed E-state index contributed by atoms with van der Waals surface area (Å²) in [5.74, 6) is 1.85. The van der Waals surface area contributed by atoms with E-state index in [0.29, 0.717) is 132 Å². The molecule has 0 radical (unpaired) electrons. The van der Waals surface area contributed by atoms with Crippen molar-refractivity contribution >= 4 is 0 Å². The lowest BCUT2D eigenvalue weighted by atomic mass is 9.78. The molecule has 0 amide bonds. The van der Waals surface area contributed by atoms with Gasteiger partial charge in [0.15, 0.2) is 0 Å². The van der Waals surface area contributed by atoms with Gasteiger partial charge in [0.2, 0.25) is 0 Å². The van der Waals surface area contributed by atoms with Gasteiger partial charge in [-0.15, -0.1) is 0 Å². The lowest BCUT2D eigenvalue weighted by Gasteiger charge is -2.28. The van der Waals surface area contributed by atoms with E-state index in [1.807, 2.05) is 0 Å². The lowest BCUT2D eigenvalue weighted by Crippen LogP contribution is -2.16. The Labute approximate surface area is 482 Å². The van der Waals surface area contributed by atoms with Crippen molar-refractivity contribution in [3.63, 3.8) is 0 Å². The SMILES string of the molecule is CCCCCCCCCCCC(CCCCCCCCCCC)C(CCCCCCCCCCCOCCOCCOCCOCCOCCO)CCCCCCCCOCCOCCOCCOCCOCCOCCO. The van der Waals surface area contributed by atoms with E-state index in [9.17, 15) is 0 Å². The molecule has 78 heavy (non-hydrogen) atoms. The van der Waals surface area contributed by atoms with Crippen molar-refractivity contribution in [3.8, 4) is 0 Å². The van der Waals surface area contributed by atoms with Crippen LogP contribution in [0.2, 0.25) is 0 Å². The Morgan fingerprint density at radius 2 is 0.333 bits per heavy atom. The molecule has 1 atom stereocenters. The van der Waals surface area contributed by atoms with E-state index in [0.717, 1.165) is 37.9 Å². The van der Waals surface area contributed by atoms with Gasteiger partial charge in [0.05, 0.1) is 145 Å². The molecular formula is C65H132O13. The summed E-state index contributed by atoms with van der Waals surface area (Å²) in [5.41, 5.74) is 0. The van der Waals surface area contributed by atoms with Crippen LogP contribution >= 0.6 is 0 Å². The van der Waals surface area contributed by atoms with E-state index in [-0.39, 0.29) is 13.2 Å². The highest BCUT2D eigenvalue weighted by molar-refractivity contribution is 4.73. The number of aliphatic hydroxyl groups is 2. The summed E-state index contributed by atoms with van der Waals surface area (Å²) in [6.45, 7) is 17.1. The molecule has 0 aliphatic heterocycles. The van der Waals surface area contributed by atoms with Gasteiger partial charge in [-0.25, -0.2) is 0 Å². The normalized spacial score (nSPS) is 12.3. The zero-order chi connectivity index (χ0) is 56.1. The fourth-order valence-electron chi connectivity index (χ4n) is 10.1. The second kappa shape index (κ2) is 72.6. The predicted octanol–water partition coefficient (Wildman–Crippen LogP) is 14.9. The quantitative estimate of drug-likeness (QED) is 0.0559. The van der Waals surface area contributed by atoms with Crippen molar-refractivity contribution in [3.05, 3.63) is 0 Å². The molecule has 0 heterocycles. The van der Waals surface area contributed by atoms with Crippen molar-refractivity contribution in [2.45, 2.75) is 251 Å². The van der Waals surface area contributed by atoms with Gasteiger partial charge in [0, 0.05) is 13.2 Å².